The van der Waals surface area contributed by atoms with Gasteiger partial charge < -0.3 is 4.74 Å². The fourth-order valence-corrected chi connectivity index (χ4v) is 3.89. The van der Waals surface area contributed by atoms with Gasteiger partial charge in [0.15, 0.2) is 0 Å². The van der Waals surface area contributed by atoms with Crippen molar-refractivity contribution in [2.45, 2.75) is 60.5 Å². The van der Waals surface area contributed by atoms with Crippen molar-refractivity contribution < 1.29 is 4.74 Å². The van der Waals surface area contributed by atoms with Gasteiger partial charge in [-0.05, 0) is 29.1 Å². The highest BCUT2D eigenvalue weighted by molar-refractivity contribution is 4.99. The predicted octanol–water partition coefficient (Wildman–Crippen LogP) is 4.12. The minimum atomic E-state index is 0.311. The topological polar surface area (TPSA) is 9.23 Å². The van der Waals surface area contributed by atoms with Crippen molar-refractivity contribution in [1.29, 1.82) is 0 Å². The van der Waals surface area contributed by atoms with Crippen LogP contribution in [-0.2, 0) is 4.74 Å². The van der Waals surface area contributed by atoms with Gasteiger partial charge in [0.05, 0.1) is 6.10 Å². The summed E-state index contributed by atoms with van der Waals surface area (Å²) in [5.41, 5.74) is 0.795. The van der Waals surface area contributed by atoms with Crippen LogP contribution in [0.15, 0.2) is 0 Å². The highest BCUT2D eigenvalue weighted by Gasteiger charge is 2.50. The Hall–Kier alpha value is -0.0400. The van der Waals surface area contributed by atoms with E-state index in [4.69, 9.17) is 4.74 Å². The van der Waals surface area contributed by atoms with Crippen LogP contribution >= 0.6 is 0 Å². The Bertz CT molecular complexity index is 221. The lowest BCUT2D eigenvalue weighted by molar-refractivity contribution is -0.127. The van der Waals surface area contributed by atoms with E-state index in [-0.39, 0.29) is 0 Å². The molecule has 4 atom stereocenters. The summed E-state index contributed by atoms with van der Waals surface area (Å²) in [4.78, 5) is 0. The average molecular weight is 212 g/mol. The van der Waals surface area contributed by atoms with Gasteiger partial charge in [-0.1, -0.05) is 48.0 Å². The average Bonchev–Trinajstić information content (AvgIpc) is 2.14. The van der Waals surface area contributed by atoms with E-state index in [0.29, 0.717) is 22.9 Å². The zero-order valence-electron chi connectivity index (χ0n) is 11.6. The molecule has 1 aliphatic carbocycles. The summed E-state index contributed by atoms with van der Waals surface area (Å²) in [6.45, 7) is 14.2. The van der Waals surface area contributed by atoms with Gasteiger partial charge in [0.25, 0.3) is 0 Å². The summed E-state index contributed by atoms with van der Waals surface area (Å²) in [6.07, 6.45) is 2.96. The van der Waals surface area contributed by atoms with Gasteiger partial charge in [0.1, 0.15) is 0 Å². The Morgan fingerprint density at radius 2 is 1.73 bits per heavy atom. The molecule has 1 aliphatic rings. The third-order valence-corrected chi connectivity index (χ3v) is 5.06. The van der Waals surface area contributed by atoms with Gasteiger partial charge in [0, 0.05) is 7.11 Å². The van der Waals surface area contributed by atoms with Crippen molar-refractivity contribution in [1.82, 2.24) is 0 Å². The van der Waals surface area contributed by atoms with Gasteiger partial charge in [0.2, 0.25) is 0 Å². The highest BCUT2D eigenvalue weighted by Crippen LogP contribution is 2.54. The zero-order valence-corrected chi connectivity index (χ0v) is 11.6. The molecule has 0 aromatic rings. The predicted molar refractivity (Wildman–Crippen MR) is 65.9 cm³/mol. The first-order valence-corrected chi connectivity index (χ1v) is 6.31. The van der Waals surface area contributed by atoms with Crippen LogP contribution in [0, 0.1) is 22.7 Å². The minimum absolute atomic E-state index is 0.311. The summed E-state index contributed by atoms with van der Waals surface area (Å²) >= 11 is 0. The van der Waals surface area contributed by atoms with E-state index in [1.807, 2.05) is 7.11 Å². The fourth-order valence-electron chi connectivity index (χ4n) is 3.89. The van der Waals surface area contributed by atoms with Crippen LogP contribution < -0.4 is 0 Å². The Balaban J connectivity index is 2.99. The van der Waals surface area contributed by atoms with Crippen LogP contribution in [0.5, 0.6) is 0 Å². The maximum absolute atomic E-state index is 5.73. The molecule has 0 saturated heterocycles. The van der Waals surface area contributed by atoms with Crippen LogP contribution in [0.1, 0.15) is 54.4 Å². The molecule has 0 bridgehead atoms. The Labute approximate surface area is 95.6 Å². The Kier molecular flexibility index (Phi) is 3.55. The first-order chi connectivity index (χ1) is 6.78. The SMILES string of the molecule is CCC1(C)CC(C)(C)C(OC)C(C)C1C. The van der Waals surface area contributed by atoms with Crippen LogP contribution in [0.25, 0.3) is 0 Å². The monoisotopic (exact) mass is 212 g/mol. The maximum Gasteiger partial charge on any atom is 0.0650 e. The van der Waals surface area contributed by atoms with E-state index >= 15 is 0 Å². The van der Waals surface area contributed by atoms with Crippen LogP contribution in [0.4, 0.5) is 0 Å². The van der Waals surface area contributed by atoms with Gasteiger partial charge in [-0.15, -0.1) is 0 Å². The number of hydrogen-bond donors (Lipinski definition) is 0. The van der Waals surface area contributed by atoms with Crippen LogP contribution in [0.2, 0.25) is 0 Å². The molecular formula is C14H28O. The quantitative estimate of drug-likeness (QED) is 0.669. The second kappa shape index (κ2) is 4.08. The summed E-state index contributed by atoms with van der Waals surface area (Å²) in [6, 6.07) is 0. The first kappa shape index (κ1) is 13.0. The maximum atomic E-state index is 5.73. The van der Waals surface area contributed by atoms with Crippen molar-refractivity contribution in [3.05, 3.63) is 0 Å². The zero-order chi connectivity index (χ0) is 11.9. The van der Waals surface area contributed by atoms with E-state index in [1.54, 1.807) is 0 Å². The molecule has 0 radical (unpaired) electrons. The molecule has 1 saturated carbocycles. The number of methoxy groups -OCH3 is 1. The standard InChI is InChI=1S/C14H28O/c1-8-14(6)9-13(4,5)12(15-7)10(2)11(14)3/h10-12H,8-9H2,1-7H3. The largest absolute Gasteiger partial charge is 0.381 e. The smallest absolute Gasteiger partial charge is 0.0650 e. The number of ether oxygens (including phenoxy) is 1. The third kappa shape index (κ3) is 2.08. The van der Waals surface area contributed by atoms with Crippen molar-refractivity contribution in [2.75, 3.05) is 7.11 Å². The molecular weight excluding hydrogens is 184 g/mol. The lowest BCUT2D eigenvalue weighted by Crippen LogP contribution is -2.51. The summed E-state index contributed by atoms with van der Waals surface area (Å²) in [7, 11) is 1.87. The summed E-state index contributed by atoms with van der Waals surface area (Å²) < 4.78 is 5.73. The Morgan fingerprint density at radius 1 is 1.20 bits per heavy atom. The molecule has 0 aliphatic heterocycles. The van der Waals surface area contributed by atoms with E-state index in [2.05, 4.69) is 41.5 Å². The van der Waals surface area contributed by atoms with Gasteiger partial charge in [-0.2, -0.15) is 0 Å². The lowest BCUT2D eigenvalue weighted by atomic mass is 9.54. The molecule has 0 N–H and O–H groups in total. The Morgan fingerprint density at radius 3 is 2.13 bits per heavy atom. The van der Waals surface area contributed by atoms with Crippen molar-refractivity contribution >= 4 is 0 Å². The molecule has 1 nitrogen and oxygen atoms in total. The molecule has 1 heteroatoms. The van der Waals surface area contributed by atoms with Gasteiger partial charge >= 0.3 is 0 Å². The van der Waals surface area contributed by atoms with E-state index in [1.165, 1.54) is 12.8 Å². The van der Waals surface area contributed by atoms with Crippen molar-refractivity contribution in [3.63, 3.8) is 0 Å². The molecule has 0 aromatic carbocycles. The van der Waals surface area contributed by atoms with Crippen LogP contribution in [-0.4, -0.2) is 13.2 Å². The molecule has 0 spiro atoms. The summed E-state index contributed by atoms with van der Waals surface area (Å²) in [5, 5.41) is 0. The normalized spacial score (nSPS) is 45.4. The second-order valence-corrected chi connectivity index (χ2v) is 6.48. The fraction of sp³-hybridized carbons (Fsp3) is 1.00. The molecule has 1 rings (SSSR count). The van der Waals surface area contributed by atoms with Gasteiger partial charge in [-0.3, -0.25) is 0 Å². The molecule has 90 valence electrons. The number of hydrogen-bond acceptors (Lipinski definition) is 1. The highest BCUT2D eigenvalue weighted by atomic mass is 16.5. The van der Waals surface area contributed by atoms with Crippen LogP contribution in [0.3, 0.4) is 0 Å². The third-order valence-electron chi connectivity index (χ3n) is 5.06. The van der Waals surface area contributed by atoms with E-state index in [9.17, 15) is 0 Å². The lowest BCUT2D eigenvalue weighted by Gasteiger charge is -2.54. The number of rotatable bonds is 2. The van der Waals surface area contributed by atoms with Crippen molar-refractivity contribution in [2.24, 2.45) is 22.7 Å². The minimum Gasteiger partial charge on any atom is -0.381 e. The molecule has 15 heavy (non-hydrogen) atoms. The molecule has 0 aromatic heterocycles. The molecule has 1 fully saturated rings. The second-order valence-electron chi connectivity index (χ2n) is 6.48. The van der Waals surface area contributed by atoms with Gasteiger partial charge in [-0.25, -0.2) is 0 Å². The molecule has 0 heterocycles. The first-order valence-electron chi connectivity index (χ1n) is 6.31. The summed E-state index contributed by atoms with van der Waals surface area (Å²) in [5.74, 6) is 1.41. The van der Waals surface area contributed by atoms with E-state index in [0.717, 1.165) is 5.92 Å². The van der Waals surface area contributed by atoms with E-state index < -0.39 is 0 Å². The molecule has 4 unspecified atom stereocenters. The van der Waals surface area contributed by atoms with Crippen molar-refractivity contribution in [3.8, 4) is 0 Å². The molecule has 0 amide bonds.